The van der Waals surface area contributed by atoms with Crippen LogP contribution in [0.2, 0.25) is 0 Å². The predicted molar refractivity (Wildman–Crippen MR) is 71.1 cm³/mol. The van der Waals surface area contributed by atoms with Crippen molar-refractivity contribution in [2.24, 2.45) is 0 Å². The molecule has 5 nitrogen and oxygen atoms in total. The van der Waals surface area contributed by atoms with Crippen molar-refractivity contribution >= 4 is 11.9 Å². The standard InChI is InChI=1S/C14H18N2O3/c1-15-7-5-13(17)16-8-6-11-10(9-16)3-2-4-12(11)14(18)19/h2-4,15H,5-9H2,1H3,(H,18,19). The SMILES string of the molecule is CNCCC(=O)N1CCc2c(cccc2C(=O)O)C1. The highest BCUT2D eigenvalue weighted by molar-refractivity contribution is 5.90. The van der Waals surface area contributed by atoms with E-state index in [1.807, 2.05) is 13.1 Å². The molecule has 19 heavy (non-hydrogen) atoms. The van der Waals surface area contributed by atoms with Crippen molar-refractivity contribution in [3.8, 4) is 0 Å². The van der Waals surface area contributed by atoms with Crippen LogP contribution < -0.4 is 5.32 Å². The van der Waals surface area contributed by atoms with Gasteiger partial charge in [-0.1, -0.05) is 12.1 Å². The lowest BCUT2D eigenvalue weighted by Crippen LogP contribution is -2.37. The fraction of sp³-hybridized carbons (Fsp3) is 0.429. The van der Waals surface area contributed by atoms with Gasteiger partial charge in [0, 0.05) is 26.1 Å². The Kier molecular flexibility index (Phi) is 4.16. The Hall–Kier alpha value is -1.88. The lowest BCUT2D eigenvalue weighted by Gasteiger charge is -2.29. The van der Waals surface area contributed by atoms with Crippen molar-refractivity contribution in [1.29, 1.82) is 0 Å². The molecular weight excluding hydrogens is 244 g/mol. The number of carboxylic acids is 1. The Morgan fingerprint density at radius 2 is 2.21 bits per heavy atom. The topological polar surface area (TPSA) is 69.6 Å². The number of benzene rings is 1. The van der Waals surface area contributed by atoms with Gasteiger partial charge in [0.05, 0.1) is 5.56 Å². The monoisotopic (exact) mass is 262 g/mol. The van der Waals surface area contributed by atoms with Crippen molar-refractivity contribution in [2.75, 3.05) is 20.1 Å². The molecule has 1 aromatic carbocycles. The van der Waals surface area contributed by atoms with E-state index in [1.54, 1.807) is 17.0 Å². The number of carbonyl (C=O) groups is 2. The summed E-state index contributed by atoms with van der Waals surface area (Å²) in [6.07, 6.45) is 1.09. The molecule has 1 heterocycles. The van der Waals surface area contributed by atoms with E-state index in [0.717, 1.165) is 11.1 Å². The molecule has 0 spiro atoms. The van der Waals surface area contributed by atoms with Gasteiger partial charge in [0.15, 0.2) is 0 Å². The molecule has 102 valence electrons. The second-order valence-corrected chi connectivity index (χ2v) is 4.67. The highest BCUT2D eigenvalue weighted by Crippen LogP contribution is 2.23. The molecule has 5 heteroatoms. The first-order valence-electron chi connectivity index (χ1n) is 6.40. The van der Waals surface area contributed by atoms with Gasteiger partial charge >= 0.3 is 5.97 Å². The van der Waals surface area contributed by atoms with Crippen LogP contribution in [0, 0.1) is 0 Å². The van der Waals surface area contributed by atoms with Crippen molar-refractivity contribution in [1.82, 2.24) is 10.2 Å². The van der Waals surface area contributed by atoms with Crippen LogP contribution in [-0.4, -0.2) is 42.0 Å². The number of hydrogen-bond acceptors (Lipinski definition) is 3. The quantitative estimate of drug-likeness (QED) is 0.845. The van der Waals surface area contributed by atoms with Gasteiger partial charge in [0.1, 0.15) is 0 Å². The summed E-state index contributed by atoms with van der Waals surface area (Å²) in [5.74, 6) is -0.785. The van der Waals surface area contributed by atoms with Gasteiger partial charge in [-0.15, -0.1) is 0 Å². The largest absolute Gasteiger partial charge is 0.478 e. The summed E-state index contributed by atoms with van der Waals surface area (Å²) in [7, 11) is 1.82. The molecule has 0 unspecified atom stereocenters. The summed E-state index contributed by atoms with van der Waals surface area (Å²) in [4.78, 5) is 24.9. The van der Waals surface area contributed by atoms with Crippen LogP contribution in [0.3, 0.4) is 0 Å². The molecule has 0 saturated carbocycles. The van der Waals surface area contributed by atoms with E-state index in [2.05, 4.69) is 5.32 Å². The molecule has 2 rings (SSSR count). The smallest absolute Gasteiger partial charge is 0.335 e. The zero-order valence-corrected chi connectivity index (χ0v) is 11.0. The summed E-state index contributed by atoms with van der Waals surface area (Å²) in [6.45, 7) is 1.77. The number of carboxylic acid groups (broad SMARTS) is 1. The van der Waals surface area contributed by atoms with Crippen molar-refractivity contribution in [3.05, 3.63) is 34.9 Å². The average molecular weight is 262 g/mol. The maximum absolute atomic E-state index is 12.0. The van der Waals surface area contributed by atoms with Crippen LogP contribution in [0.25, 0.3) is 0 Å². The van der Waals surface area contributed by atoms with Crippen molar-refractivity contribution < 1.29 is 14.7 Å². The average Bonchev–Trinajstić information content (AvgIpc) is 2.43. The predicted octanol–water partition coefficient (Wildman–Crippen LogP) is 0.879. The minimum Gasteiger partial charge on any atom is -0.478 e. The minimum atomic E-state index is -0.896. The van der Waals surface area contributed by atoms with Gasteiger partial charge in [-0.3, -0.25) is 4.79 Å². The second kappa shape index (κ2) is 5.84. The maximum atomic E-state index is 12.0. The van der Waals surface area contributed by atoms with E-state index < -0.39 is 5.97 Å². The molecule has 1 aliphatic heterocycles. The lowest BCUT2D eigenvalue weighted by atomic mass is 9.94. The molecule has 0 aliphatic carbocycles. The molecule has 1 amide bonds. The number of aromatic carboxylic acids is 1. The van der Waals surface area contributed by atoms with Crippen molar-refractivity contribution in [3.63, 3.8) is 0 Å². The maximum Gasteiger partial charge on any atom is 0.335 e. The molecule has 0 fully saturated rings. The van der Waals surface area contributed by atoms with Crippen LogP contribution in [-0.2, 0) is 17.8 Å². The Morgan fingerprint density at radius 3 is 2.89 bits per heavy atom. The van der Waals surface area contributed by atoms with E-state index in [9.17, 15) is 9.59 Å². The zero-order valence-electron chi connectivity index (χ0n) is 11.0. The van der Waals surface area contributed by atoms with Crippen LogP contribution in [0.1, 0.15) is 27.9 Å². The molecule has 0 saturated heterocycles. The summed E-state index contributed by atoms with van der Waals surface area (Å²) in [5, 5.41) is 12.1. The molecule has 0 radical (unpaired) electrons. The highest BCUT2D eigenvalue weighted by Gasteiger charge is 2.23. The Morgan fingerprint density at radius 1 is 1.42 bits per heavy atom. The van der Waals surface area contributed by atoms with E-state index >= 15 is 0 Å². The number of rotatable bonds is 4. The molecule has 0 bridgehead atoms. The Labute approximate surface area is 112 Å². The molecule has 1 aliphatic rings. The third kappa shape index (κ3) is 2.93. The number of carbonyl (C=O) groups excluding carboxylic acids is 1. The van der Waals surface area contributed by atoms with Crippen LogP contribution in [0.5, 0.6) is 0 Å². The third-order valence-corrected chi connectivity index (χ3v) is 3.44. The van der Waals surface area contributed by atoms with E-state index in [4.69, 9.17) is 5.11 Å². The molecule has 0 aromatic heterocycles. The van der Waals surface area contributed by atoms with Gasteiger partial charge < -0.3 is 15.3 Å². The fourth-order valence-electron chi connectivity index (χ4n) is 2.41. The summed E-state index contributed by atoms with van der Waals surface area (Å²) in [5.41, 5.74) is 2.18. The number of nitrogens with one attached hydrogen (secondary N) is 1. The number of amides is 1. The Balaban J connectivity index is 2.14. The molecule has 2 N–H and O–H groups in total. The van der Waals surface area contributed by atoms with Gasteiger partial charge in [0.2, 0.25) is 5.91 Å². The van der Waals surface area contributed by atoms with E-state index in [0.29, 0.717) is 38.0 Å². The first-order valence-corrected chi connectivity index (χ1v) is 6.40. The minimum absolute atomic E-state index is 0.112. The van der Waals surface area contributed by atoms with Crippen LogP contribution >= 0.6 is 0 Å². The summed E-state index contributed by atoms with van der Waals surface area (Å²) < 4.78 is 0. The number of fused-ring (bicyclic) bond motifs is 1. The highest BCUT2D eigenvalue weighted by atomic mass is 16.4. The number of hydrogen-bond donors (Lipinski definition) is 2. The second-order valence-electron chi connectivity index (χ2n) is 4.67. The fourth-order valence-corrected chi connectivity index (χ4v) is 2.41. The first-order chi connectivity index (χ1) is 9.13. The van der Waals surface area contributed by atoms with E-state index in [1.165, 1.54) is 0 Å². The normalized spacial score (nSPS) is 14.1. The number of nitrogens with zero attached hydrogens (tertiary/aromatic N) is 1. The molecular formula is C14H18N2O3. The van der Waals surface area contributed by atoms with Gasteiger partial charge in [-0.25, -0.2) is 4.79 Å². The summed E-state index contributed by atoms with van der Waals surface area (Å²) in [6, 6.07) is 5.27. The van der Waals surface area contributed by atoms with Crippen LogP contribution in [0.15, 0.2) is 18.2 Å². The van der Waals surface area contributed by atoms with E-state index in [-0.39, 0.29) is 5.91 Å². The van der Waals surface area contributed by atoms with Gasteiger partial charge in [-0.05, 0) is 30.7 Å². The zero-order chi connectivity index (χ0) is 13.8. The molecule has 1 aromatic rings. The van der Waals surface area contributed by atoms with Crippen molar-refractivity contribution in [2.45, 2.75) is 19.4 Å². The Bertz CT molecular complexity index is 499. The lowest BCUT2D eigenvalue weighted by molar-refractivity contribution is -0.132. The van der Waals surface area contributed by atoms with Gasteiger partial charge in [0.25, 0.3) is 0 Å². The summed E-state index contributed by atoms with van der Waals surface area (Å²) >= 11 is 0. The third-order valence-electron chi connectivity index (χ3n) is 3.44. The van der Waals surface area contributed by atoms with Crippen LogP contribution in [0.4, 0.5) is 0 Å². The van der Waals surface area contributed by atoms with Gasteiger partial charge in [-0.2, -0.15) is 0 Å². The first kappa shape index (κ1) is 13.5. The molecule has 0 atom stereocenters.